The molecule has 0 atom stereocenters. The molecule has 20 heavy (non-hydrogen) atoms. The van der Waals surface area contributed by atoms with Crippen LogP contribution in [-0.4, -0.2) is 16.5 Å². The number of hydrogen-bond donors (Lipinski definition) is 2. The van der Waals surface area contributed by atoms with Crippen molar-refractivity contribution in [1.82, 2.24) is 9.97 Å². The quantitative estimate of drug-likeness (QED) is 0.844. The van der Waals surface area contributed by atoms with Gasteiger partial charge in [-0.15, -0.1) is 0 Å². The first kappa shape index (κ1) is 14.3. The Labute approximate surface area is 120 Å². The molecule has 0 unspecified atom stereocenters. The van der Waals surface area contributed by atoms with E-state index in [-0.39, 0.29) is 0 Å². The van der Waals surface area contributed by atoms with Crippen molar-refractivity contribution in [3.63, 3.8) is 0 Å². The summed E-state index contributed by atoms with van der Waals surface area (Å²) in [6, 6.07) is 10.5. The van der Waals surface area contributed by atoms with Gasteiger partial charge >= 0.3 is 0 Å². The van der Waals surface area contributed by atoms with E-state index in [1.54, 1.807) is 0 Å². The van der Waals surface area contributed by atoms with E-state index in [9.17, 15) is 0 Å². The highest BCUT2D eigenvalue weighted by molar-refractivity contribution is 5.43. The van der Waals surface area contributed by atoms with E-state index >= 15 is 0 Å². The van der Waals surface area contributed by atoms with Crippen LogP contribution in [0.1, 0.15) is 30.7 Å². The lowest BCUT2D eigenvalue weighted by Gasteiger charge is -2.11. The number of rotatable bonds is 6. The van der Waals surface area contributed by atoms with E-state index in [1.807, 2.05) is 19.9 Å². The second-order valence-electron chi connectivity index (χ2n) is 4.72. The molecule has 4 heteroatoms. The maximum Gasteiger partial charge on any atom is 0.224 e. The van der Waals surface area contributed by atoms with Gasteiger partial charge in [-0.25, -0.2) is 4.98 Å². The predicted octanol–water partition coefficient (Wildman–Crippen LogP) is 3.39. The van der Waals surface area contributed by atoms with Crippen molar-refractivity contribution in [2.75, 3.05) is 17.2 Å². The molecule has 0 bridgehead atoms. The summed E-state index contributed by atoms with van der Waals surface area (Å²) < 4.78 is 0. The van der Waals surface area contributed by atoms with Gasteiger partial charge in [-0.2, -0.15) is 4.98 Å². The van der Waals surface area contributed by atoms with Gasteiger partial charge in [0.05, 0.1) is 0 Å². The smallest absolute Gasteiger partial charge is 0.224 e. The van der Waals surface area contributed by atoms with Crippen molar-refractivity contribution >= 4 is 11.8 Å². The van der Waals surface area contributed by atoms with Crippen molar-refractivity contribution in [1.29, 1.82) is 0 Å². The minimum absolute atomic E-state index is 0.679. The van der Waals surface area contributed by atoms with Gasteiger partial charge < -0.3 is 10.6 Å². The van der Waals surface area contributed by atoms with Crippen LogP contribution in [0.15, 0.2) is 30.3 Å². The molecule has 0 aliphatic heterocycles. The van der Waals surface area contributed by atoms with Crippen LogP contribution in [-0.2, 0) is 13.0 Å². The predicted molar refractivity (Wildman–Crippen MR) is 84.1 cm³/mol. The molecule has 0 saturated carbocycles. The van der Waals surface area contributed by atoms with Crippen molar-refractivity contribution in [3.8, 4) is 0 Å². The number of nitrogens with one attached hydrogen (secondary N) is 2. The first-order valence-electron chi connectivity index (χ1n) is 7.13. The molecule has 2 N–H and O–H groups in total. The Morgan fingerprint density at radius 1 is 1.00 bits per heavy atom. The summed E-state index contributed by atoms with van der Waals surface area (Å²) in [4.78, 5) is 8.81. The lowest BCUT2D eigenvalue weighted by atomic mass is 10.1. The van der Waals surface area contributed by atoms with E-state index in [1.165, 1.54) is 11.1 Å². The zero-order valence-corrected chi connectivity index (χ0v) is 12.4. The van der Waals surface area contributed by atoms with Crippen molar-refractivity contribution in [3.05, 3.63) is 47.2 Å². The molecule has 106 valence electrons. The SMILES string of the molecule is CCNc1nc(C)cc(NCc2ccccc2CC)n1. The van der Waals surface area contributed by atoms with Crippen LogP contribution in [0, 0.1) is 6.92 Å². The highest BCUT2D eigenvalue weighted by atomic mass is 15.1. The third-order valence-electron chi connectivity index (χ3n) is 3.15. The fourth-order valence-corrected chi connectivity index (χ4v) is 2.16. The lowest BCUT2D eigenvalue weighted by Crippen LogP contribution is -2.08. The number of anilines is 2. The molecule has 0 radical (unpaired) electrons. The number of nitrogens with zero attached hydrogens (tertiary/aromatic N) is 2. The molecule has 2 rings (SSSR count). The molecular weight excluding hydrogens is 248 g/mol. The molecule has 0 aliphatic carbocycles. The molecule has 1 aromatic carbocycles. The van der Waals surface area contributed by atoms with Gasteiger partial charge in [0.25, 0.3) is 0 Å². The molecule has 0 aliphatic rings. The third kappa shape index (κ3) is 3.70. The first-order valence-corrected chi connectivity index (χ1v) is 7.13. The minimum Gasteiger partial charge on any atom is -0.366 e. The average Bonchev–Trinajstić information content (AvgIpc) is 2.45. The van der Waals surface area contributed by atoms with Gasteiger partial charge in [0.1, 0.15) is 5.82 Å². The summed E-state index contributed by atoms with van der Waals surface area (Å²) >= 11 is 0. The van der Waals surface area contributed by atoms with Crippen molar-refractivity contribution in [2.24, 2.45) is 0 Å². The lowest BCUT2D eigenvalue weighted by molar-refractivity contribution is 1.01. The van der Waals surface area contributed by atoms with Gasteiger partial charge in [0.15, 0.2) is 0 Å². The summed E-state index contributed by atoms with van der Waals surface area (Å²) in [6.07, 6.45) is 1.04. The Hall–Kier alpha value is -2.10. The van der Waals surface area contributed by atoms with Gasteiger partial charge in [-0.3, -0.25) is 0 Å². The summed E-state index contributed by atoms with van der Waals surface area (Å²) in [6.45, 7) is 7.80. The van der Waals surface area contributed by atoms with Crippen LogP contribution in [0.2, 0.25) is 0 Å². The van der Waals surface area contributed by atoms with Crippen LogP contribution in [0.4, 0.5) is 11.8 Å². The van der Waals surface area contributed by atoms with Gasteiger partial charge in [0.2, 0.25) is 5.95 Å². The fraction of sp³-hybridized carbons (Fsp3) is 0.375. The topological polar surface area (TPSA) is 49.8 Å². The average molecular weight is 270 g/mol. The molecule has 1 heterocycles. The van der Waals surface area contributed by atoms with E-state index in [0.717, 1.165) is 31.0 Å². The second kappa shape index (κ2) is 6.89. The molecule has 0 saturated heterocycles. The van der Waals surface area contributed by atoms with Crippen LogP contribution in [0.5, 0.6) is 0 Å². The highest BCUT2D eigenvalue weighted by Crippen LogP contribution is 2.14. The molecule has 1 aromatic heterocycles. The number of aryl methyl sites for hydroxylation is 2. The van der Waals surface area contributed by atoms with E-state index in [4.69, 9.17) is 0 Å². The zero-order chi connectivity index (χ0) is 14.4. The number of aromatic nitrogens is 2. The van der Waals surface area contributed by atoms with E-state index < -0.39 is 0 Å². The second-order valence-corrected chi connectivity index (χ2v) is 4.72. The number of hydrogen-bond acceptors (Lipinski definition) is 4. The normalized spacial score (nSPS) is 10.3. The summed E-state index contributed by atoms with van der Waals surface area (Å²) in [5, 5.41) is 6.53. The molecule has 0 amide bonds. The summed E-state index contributed by atoms with van der Waals surface area (Å²) in [5.74, 6) is 1.54. The maximum absolute atomic E-state index is 4.46. The Kier molecular flexibility index (Phi) is 4.93. The summed E-state index contributed by atoms with van der Waals surface area (Å²) in [7, 11) is 0. The monoisotopic (exact) mass is 270 g/mol. The molecule has 2 aromatic rings. The maximum atomic E-state index is 4.46. The highest BCUT2D eigenvalue weighted by Gasteiger charge is 2.03. The first-order chi connectivity index (χ1) is 9.72. The molecular formula is C16H22N4. The Bertz CT molecular complexity index is 566. The zero-order valence-electron chi connectivity index (χ0n) is 12.4. The molecule has 0 fully saturated rings. The van der Waals surface area contributed by atoms with Crippen molar-refractivity contribution < 1.29 is 0 Å². The van der Waals surface area contributed by atoms with Gasteiger partial charge in [0, 0.05) is 24.8 Å². The Morgan fingerprint density at radius 2 is 1.75 bits per heavy atom. The van der Waals surface area contributed by atoms with Gasteiger partial charge in [-0.1, -0.05) is 31.2 Å². The summed E-state index contributed by atoms with van der Waals surface area (Å²) in [5.41, 5.74) is 3.65. The largest absolute Gasteiger partial charge is 0.366 e. The fourth-order valence-electron chi connectivity index (χ4n) is 2.16. The third-order valence-corrected chi connectivity index (χ3v) is 3.15. The standard InChI is InChI=1S/C16H22N4/c1-4-13-8-6-7-9-14(13)11-18-15-10-12(3)19-16(20-15)17-5-2/h6-10H,4-5,11H2,1-3H3,(H2,17,18,19,20). The molecule has 4 nitrogen and oxygen atoms in total. The Morgan fingerprint density at radius 3 is 2.45 bits per heavy atom. The number of benzene rings is 1. The molecule has 0 spiro atoms. The van der Waals surface area contributed by atoms with Crippen LogP contribution < -0.4 is 10.6 Å². The van der Waals surface area contributed by atoms with Crippen LogP contribution in [0.25, 0.3) is 0 Å². The minimum atomic E-state index is 0.679. The Balaban J connectivity index is 2.10. The van der Waals surface area contributed by atoms with Crippen LogP contribution >= 0.6 is 0 Å². The van der Waals surface area contributed by atoms with E-state index in [0.29, 0.717) is 5.95 Å². The van der Waals surface area contributed by atoms with Crippen molar-refractivity contribution in [2.45, 2.75) is 33.7 Å². The van der Waals surface area contributed by atoms with Gasteiger partial charge in [-0.05, 0) is 31.4 Å². The van der Waals surface area contributed by atoms with E-state index in [2.05, 4.69) is 51.8 Å². The van der Waals surface area contributed by atoms with Crippen LogP contribution in [0.3, 0.4) is 0 Å².